The van der Waals surface area contributed by atoms with Crippen molar-refractivity contribution >= 4 is 11.8 Å². The Hall–Kier alpha value is -2.77. The fourth-order valence-electron chi connectivity index (χ4n) is 2.02. The SMILES string of the molecule is CNC(=O)C(NC(=O)CCn1cccn1)c1ccc(F)c(F)c1. The topological polar surface area (TPSA) is 76.0 Å². The number of aryl methyl sites for hydroxylation is 1. The van der Waals surface area contributed by atoms with E-state index >= 15 is 0 Å². The molecule has 0 aliphatic rings. The van der Waals surface area contributed by atoms with Crippen LogP contribution in [0.5, 0.6) is 0 Å². The molecule has 8 heteroatoms. The smallest absolute Gasteiger partial charge is 0.246 e. The molecule has 1 heterocycles. The minimum absolute atomic E-state index is 0.0961. The number of carbonyl (C=O) groups excluding carboxylic acids is 2. The molecule has 2 N–H and O–H groups in total. The van der Waals surface area contributed by atoms with Gasteiger partial charge in [-0.1, -0.05) is 6.07 Å². The zero-order valence-corrected chi connectivity index (χ0v) is 12.4. The molecule has 2 aromatic rings. The summed E-state index contributed by atoms with van der Waals surface area (Å²) in [5.74, 6) is -3.03. The fraction of sp³-hybridized carbons (Fsp3) is 0.267. The second-order valence-corrected chi connectivity index (χ2v) is 4.81. The molecule has 1 unspecified atom stereocenters. The second kappa shape index (κ2) is 7.48. The van der Waals surface area contributed by atoms with Crippen LogP contribution in [0.4, 0.5) is 8.78 Å². The van der Waals surface area contributed by atoms with Crippen molar-refractivity contribution in [2.24, 2.45) is 0 Å². The highest BCUT2D eigenvalue weighted by Crippen LogP contribution is 2.17. The van der Waals surface area contributed by atoms with E-state index in [0.29, 0.717) is 6.54 Å². The van der Waals surface area contributed by atoms with Crippen LogP contribution in [0, 0.1) is 11.6 Å². The number of halogens is 2. The first-order chi connectivity index (χ1) is 11.0. The largest absolute Gasteiger partial charge is 0.357 e. The Balaban J connectivity index is 2.07. The van der Waals surface area contributed by atoms with E-state index in [1.807, 2.05) is 0 Å². The molecule has 0 aliphatic heterocycles. The van der Waals surface area contributed by atoms with Gasteiger partial charge in [0.05, 0.1) is 0 Å². The van der Waals surface area contributed by atoms with Crippen LogP contribution in [0.25, 0.3) is 0 Å². The lowest BCUT2D eigenvalue weighted by atomic mass is 10.1. The lowest BCUT2D eigenvalue weighted by molar-refractivity contribution is -0.129. The van der Waals surface area contributed by atoms with Crippen molar-refractivity contribution in [1.82, 2.24) is 20.4 Å². The maximum Gasteiger partial charge on any atom is 0.246 e. The predicted molar refractivity (Wildman–Crippen MR) is 78.2 cm³/mol. The van der Waals surface area contributed by atoms with Crippen molar-refractivity contribution < 1.29 is 18.4 Å². The van der Waals surface area contributed by atoms with Gasteiger partial charge in [-0.25, -0.2) is 8.78 Å². The van der Waals surface area contributed by atoms with Crippen LogP contribution in [-0.2, 0) is 16.1 Å². The number of amides is 2. The summed E-state index contributed by atoms with van der Waals surface area (Å²) in [6, 6.07) is 3.69. The van der Waals surface area contributed by atoms with Crippen LogP contribution >= 0.6 is 0 Å². The number of benzene rings is 1. The quantitative estimate of drug-likeness (QED) is 0.838. The van der Waals surface area contributed by atoms with E-state index in [1.54, 1.807) is 23.1 Å². The van der Waals surface area contributed by atoms with Gasteiger partial charge in [-0.05, 0) is 23.8 Å². The summed E-state index contributed by atoms with van der Waals surface area (Å²) in [6.45, 7) is 0.344. The summed E-state index contributed by atoms with van der Waals surface area (Å²) in [6.07, 6.45) is 3.39. The number of hydrogen-bond donors (Lipinski definition) is 2. The summed E-state index contributed by atoms with van der Waals surface area (Å²) < 4.78 is 27.9. The minimum Gasteiger partial charge on any atom is -0.357 e. The monoisotopic (exact) mass is 322 g/mol. The van der Waals surface area contributed by atoms with Crippen LogP contribution in [0.1, 0.15) is 18.0 Å². The summed E-state index contributed by atoms with van der Waals surface area (Å²) in [5.41, 5.74) is 0.163. The van der Waals surface area contributed by atoms with Crippen molar-refractivity contribution in [3.8, 4) is 0 Å². The van der Waals surface area contributed by atoms with Gasteiger partial charge in [-0.2, -0.15) is 5.10 Å². The molecule has 0 saturated carbocycles. The molecule has 1 aromatic carbocycles. The molecule has 0 aliphatic carbocycles. The molecule has 0 spiro atoms. The summed E-state index contributed by atoms with van der Waals surface area (Å²) in [7, 11) is 1.39. The number of nitrogens with one attached hydrogen (secondary N) is 2. The molecule has 0 bridgehead atoms. The third-order valence-corrected chi connectivity index (χ3v) is 3.22. The lowest BCUT2D eigenvalue weighted by Gasteiger charge is -2.18. The number of hydrogen-bond acceptors (Lipinski definition) is 3. The highest BCUT2D eigenvalue weighted by Gasteiger charge is 2.22. The van der Waals surface area contributed by atoms with Crippen LogP contribution in [0.15, 0.2) is 36.7 Å². The van der Waals surface area contributed by atoms with Gasteiger partial charge < -0.3 is 10.6 Å². The molecule has 1 atom stereocenters. The van der Waals surface area contributed by atoms with Crippen molar-refractivity contribution in [3.05, 3.63) is 53.9 Å². The van der Waals surface area contributed by atoms with Crippen LogP contribution < -0.4 is 10.6 Å². The minimum atomic E-state index is -1.10. The van der Waals surface area contributed by atoms with Crippen molar-refractivity contribution in [3.63, 3.8) is 0 Å². The molecule has 122 valence electrons. The number of carbonyl (C=O) groups is 2. The standard InChI is InChI=1S/C15H16F2N4O2/c1-18-15(23)14(10-3-4-11(16)12(17)9-10)20-13(22)5-8-21-7-2-6-19-21/h2-4,6-7,9,14H,5,8H2,1H3,(H,18,23)(H,20,22). The van der Waals surface area contributed by atoms with Crippen LogP contribution in [-0.4, -0.2) is 28.6 Å². The third kappa shape index (κ3) is 4.35. The van der Waals surface area contributed by atoms with Crippen LogP contribution in [0.3, 0.4) is 0 Å². The van der Waals surface area contributed by atoms with Gasteiger partial charge in [-0.15, -0.1) is 0 Å². The second-order valence-electron chi connectivity index (χ2n) is 4.81. The Kier molecular flexibility index (Phi) is 5.40. The van der Waals surface area contributed by atoms with E-state index in [4.69, 9.17) is 0 Å². The number of likely N-dealkylation sites (N-methyl/N-ethyl adjacent to an activating group) is 1. The molecule has 23 heavy (non-hydrogen) atoms. The van der Waals surface area contributed by atoms with Crippen molar-refractivity contribution in [2.45, 2.75) is 19.0 Å². The zero-order valence-electron chi connectivity index (χ0n) is 12.4. The third-order valence-electron chi connectivity index (χ3n) is 3.22. The van der Waals surface area contributed by atoms with Gasteiger partial charge >= 0.3 is 0 Å². The van der Waals surface area contributed by atoms with Crippen LogP contribution in [0.2, 0.25) is 0 Å². The van der Waals surface area contributed by atoms with E-state index in [1.165, 1.54) is 13.1 Å². The van der Waals surface area contributed by atoms with Crippen molar-refractivity contribution in [2.75, 3.05) is 7.05 Å². The maximum atomic E-state index is 13.3. The highest BCUT2D eigenvalue weighted by molar-refractivity contribution is 5.88. The normalized spacial score (nSPS) is 11.8. The summed E-state index contributed by atoms with van der Waals surface area (Å²) in [5, 5.41) is 8.86. The van der Waals surface area contributed by atoms with Gasteiger partial charge in [0.2, 0.25) is 11.8 Å². The molecule has 0 radical (unpaired) electrons. The fourth-order valence-corrected chi connectivity index (χ4v) is 2.02. The van der Waals surface area contributed by atoms with E-state index in [0.717, 1.165) is 12.1 Å². The zero-order chi connectivity index (χ0) is 16.8. The predicted octanol–water partition coefficient (Wildman–Crippen LogP) is 1.15. The Labute approximate surface area is 131 Å². The summed E-state index contributed by atoms with van der Waals surface area (Å²) in [4.78, 5) is 23.9. The Morgan fingerprint density at radius 2 is 2.09 bits per heavy atom. The van der Waals surface area contributed by atoms with E-state index < -0.39 is 29.5 Å². The Morgan fingerprint density at radius 3 is 2.70 bits per heavy atom. The molecule has 0 fully saturated rings. The molecular weight excluding hydrogens is 306 g/mol. The van der Waals surface area contributed by atoms with Gasteiger partial charge in [0.15, 0.2) is 11.6 Å². The molecule has 0 saturated heterocycles. The number of rotatable bonds is 6. The molecule has 1 aromatic heterocycles. The first-order valence-electron chi connectivity index (χ1n) is 6.94. The lowest BCUT2D eigenvalue weighted by Crippen LogP contribution is -2.39. The summed E-state index contributed by atoms with van der Waals surface area (Å²) >= 11 is 0. The van der Waals surface area contributed by atoms with E-state index in [9.17, 15) is 18.4 Å². The maximum absolute atomic E-state index is 13.3. The van der Waals surface area contributed by atoms with E-state index in [2.05, 4.69) is 15.7 Å². The average molecular weight is 322 g/mol. The molecule has 2 rings (SSSR count). The number of nitrogens with zero attached hydrogens (tertiary/aromatic N) is 2. The Morgan fingerprint density at radius 1 is 1.30 bits per heavy atom. The first kappa shape index (κ1) is 16.6. The highest BCUT2D eigenvalue weighted by atomic mass is 19.2. The van der Waals surface area contributed by atoms with Crippen molar-refractivity contribution in [1.29, 1.82) is 0 Å². The van der Waals surface area contributed by atoms with Gasteiger partial charge in [-0.3, -0.25) is 14.3 Å². The van der Waals surface area contributed by atoms with Gasteiger partial charge in [0, 0.05) is 32.4 Å². The molecular formula is C15H16F2N4O2. The Bertz CT molecular complexity index is 689. The first-order valence-corrected chi connectivity index (χ1v) is 6.94. The molecule has 2 amide bonds. The van der Waals surface area contributed by atoms with Gasteiger partial charge in [0.1, 0.15) is 6.04 Å². The van der Waals surface area contributed by atoms with E-state index in [-0.39, 0.29) is 12.0 Å². The number of aromatic nitrogens is 2. The van der Waals surface area contributed by atoms with Gasteiger partial charge in [0.25, 0.3) is 0 Å². The molecule has 6 nitrogen and oxygen atoms in total. The average Bonchev–Trinajstić information content (AvgIpc) is 3.06.